The first-order valence-electron chi connectivity index (χ1n) is 8.82. The molecule has 6 heteroatoms. The summed E-state index contributed by atoms with van der Waals surface area (Å²) in [6.07, 6.45) is 2.08. The summed E-state index contributed by atoms with van der Waals surface area (Å²) >= 11 is 1.56. The third kappa shape index (κ3) is 3.95. The Morgan fingerprint density at radius 1 is 1.19 bits per heavy atom. The Morgan fingerprint density at radius 2 is 2.00 bits per heavy atom. The van der Waals surface area contributed by atoms with E-state index in [-0.39, 0.29) is 18.7 Å². The van der Waals surface area contributed by atoms with E-state index in [9.17, 15) is 4.79 Å². The number of carbonyl (C=O) groups excluding carboxylic acids is 1. The zero-order chi connectivity index (χ0) is 18.6. The maximum absolute atomic E-state index is 13.2. The first-order valence-corrected chi connectivity index (χ1v) is 9.70. The molecule has 3 aromatic rings. The minimum Gasteiger partial charge on any atom is -0.454 e. The van der Waals surface area contributed by atoms with Crippen LogP contribution in [0.5, 0.6) is 11.5 Å². The van der Waals surface area contributed by atoms with Gasteiger partial charge in [0, 0.05) is 11.6 Å². The lowest BCUT2D eigenvalue weighted by Crippen LogP contribution is -2.34. The third-order valence-electron chi connectivity index (χ3n) is 4.65. The monoisotopic (exact) mass is 380 g/mol. The number of rotatable bonds is 6. The van der Waals surface area contributed by atoms with Gasteiger partial charge < -0.3 is 14.4 Å². The average molecular weight is 380 g/mol. The van der Waals surface area contributed by atoms with E-state index in [4.69, 9.17) is 9.47 Å². The number of nitrogens with zero attached hydrogens (tertiary/aromatic N) is 2. The molecule has 1 amide bonds. The molecule has 0 bridgehead atoms. The van der Waals surface area contributed by atoms with Crippen molar-refractivity contribution in [3.8, 4) is 11.5 Å². The van der Waals surface area contributed by atoms with Crippen LogP contribution in [0.3, 0.4) is 0 Å². The molecule has 1 atom stereocenters. The van der Waals surface area contributed by atoms with Gasteiger partial charge in [-0.15, -0.1) is 11.3 Å². The minimum absolute atomic E-state index is 0.0448. The van der Waals surface area contributed by atoms with Crippen molar-refractivity contribution < 1.29 is 14.3 Å². The summed E-state index contributed by atoms with van der Waals surface area (Å²) in [5.74, 6) is 1.48. The summed E-state index contributed by atoms with van der Waals surface area (Å²) in [5, 5.41) is 2.86. The molecular weight excluding hydrogens is 360 g/mol. The van der Waals surface area contributed by atoms with Gasteiger partial charge >= 0.3 is 0 Å². The molecule has 1 aliphatic heterocycles. The molecule has 0 aliphatic carbocycles. The minimum atomic E-state index is -0.0448. The summed E-state index contributed by atoms with van der Waals surface area (Å²) in [4.78, 5) is 19.4. The third-order valence-corrected chi connectivity index (χ3v) is 5.42. The van der Waals surface area contributed by atoms with Gasteiger partial charge in [0.2, 0.25) is 12.7 Å². The van der Waals surface area contributed by atoms with Crippen LogP contribution >= 0.6 is 11.3 Å². The molecule has 0 saturated heterocycles. The van der Waals surface area contributed by atoms with Crippen molar-refractivity contribution in [1.29, 1.82) is 0 Å². The molecule has 5 nitrogen and oxygen atoms in total. The normalized spacial score (nSPS) is 13.4. The number of hydrogen-bond acceptors (Lipinski definition) is 5. The smallest absolute Gasteiger partial charge is 0.231 e. The van der Waals surface area contributed by atoms with Crippen LogP contribution in [-0.4, -0.2) is 22.6 Å². The van der Waals surface area contributed by atoms with Crippen LogP contribution in [0.4, 0.5) is 0 Å². The maximum atomic E-state index is 13.2. The standard InChI is InChI=1S/C21H20N2O3S/c1-15(17-5-3-2-4-6-17)23(13-20-22-9-10-27-20)21(24)12-16-7-8-18-19(11-16)26-14-25-18/h2-11,15H,12-14H2,1H3/t15-/m1/s1. The number of ether oxygens (including phenoxy) is 2. The Hall–Kier alpha value is -2.86. The fourth-order valence-corrected chi connectivity index (χ4v) is 3.77. The van der Waals surface area contributed by atoms with Crippen LogP contribution in [0.15, 0.2) is 60.1 Å². The van der Waals surface area contributed by atoms with E-state index in [0.717, 1.165) is 21.9 Å². The van der Waals surface area contributed by atoms with E-state index in [2.05, 4.69) is 11.9 Å². The average Bonchev–Trinajstić information content (AvgIpc) is 3.37. The van der Waals surface area contributed by atoms with Gasteiger partial charge in [0.15, 0.2) is 11.5 Å². The number of aromatic nitrogens is 1. The molecule has 0 spiro atoms. The second-order valence-electron chi connectivity index (χ2n) is 6.40. The van der Waals surface area contributed by atoms with Gasteiger partial charge in [0.25, 0.3) is 0 Å². The molecule has 0 unspecified atom stereocenters. The van der Waals surface area contributed by atoms with Gasteiger partial charge in [0.05, 0.1) is 19.0 Å². The molecule has 4 rings (SSSR count). The lowest BCUT2D eigenvalue weighted by molar-refractivity contribution is -0.133. The topological polar surface area (TPSA) is 51.7 Å². The van der Waals surface area contributed by atoms with Crippen molar-refractivity contribution in [2.24, 2.45) is 0 Å². The lowest BCUT2D eigenvalue weighted by atomic mass is 10.0. The molecular formula is C21H20N2O3S. The summed E-state index contributed by atoms with van der Waals surface area (Å²) in [6, 6.07) is 15.7. The van der Waals surface area contributed by atoms with Crippen molar-refractivity contribution in [3.63, 3.8) is 0 Å². The largest absolute Gasteiger partial charge is 0.454 e. The van der Waals surface area contributed by atoms with Gasteiger partial charge in [-0.1, -0.05) is 36.4 Å². The fourth-order valence-electron chi connectivity index (χ4n) is 3.16. The Labute approximate surface area is 162 Å². The van der Waals surface area contributed by atoms with Crippen LogP contribution in [0.25, 0.3) is 0 Å². The highest BCUT2D eigenvalue weighted by Crippen LogP contribution is 2.33. The molecule has 0 N–H and O–H groups in total. The number of thiazole rings is 1. The Morgan fingerprint density at radius 3 is 2.78 bits per heavy atom. The van der Waals surface area contributed by atoms with Crippen LogP contribution in [0.2, 0.25) is 0 Å². The summed E-state index contributed by atoms with van der Waals surface area (Å²) in [5.41, 5.74) is 2.02. The van der Waals surface area contributed by atoms with Crippen LogP contribution in [-0.2, 0) is 17.8 Å². The number of carbonyl (C=O) groups is 1. The van der Waals surface area contributed by atoms with E-state index in [1.54, 1.807) is 17.5 Å². The van der Waals surface area contributed by atoms with Gasteiger partial charge in [-0.25, -0.2) is 4.98 Å². The molecule has 1 aliphatic rings. The van der Waals surface area contributed by atoms with E-state index < -0.39 is 0 Å². The molecule has 0 radical (unpaired) electrons. The summed E-state index contributed by atoms with van der Waals surface area (Å²) in [6.45, 7) is 2.78. The maximum Gasteiger partial charge on any atom is 0.231 e. The van der Waals surface area contributed by atoms with Crippen molar-refractivity contribution >= 4 is 17.2 Å². The molecule has 2 heterocycles. The second kappa shape index (κ2) is 7.80. The number of fused-ring (bicyclic) bond motifs is 1. The molecule has 2 aromatic carbocycles. The number of benzene rings is 2. The first-order chi connectivity index (χ1) is 13.2. The Balaban J connectivity index is 1.56. The second-order valence-corrected chi connectivity index (χ2v) is 7.38. The molecule has 1 aromatic heterocycles. The Bertz CT molecular complexity index is 912. The quantitative estimate of drug-likeness (QED) is 0.643. The lowest BCUT2D eigenvalue weighted by Gasteiger charge is -2.29. The van der Waals surface area contributed by atoms with Crippen molar-refractivity contribution in [2.45, 2.75) is 25.9 Å². The zero-order valence-electron chi connectivity index (χ0n) is 15.0. The SMILES string of the molecule is C[C@H](c1ccccc1)N(Cc1nccs1)C(=O)Cc1ccc2c(c1)OCO2. The van der Waals surface area contributed by atoms with E-state index in [1.807, 2.05) is 58.8 Å². The summed E-state index contributed by atoms with van der Waals surface area (Å²) < 4.78 is 10.8. The van der Waals surface area contributed by atoms with E-state index >= 15 is 0 Å². The van der Waals surface area contributed by atoms with Gasteiger partial charge in [-0.2, -0.15) is 0 Å². The number of amides is 1. The Kier molecular flexibility index (Phi) is 5.07. The predicted octanol–water partition coefficient (Wildman–Crippen LogP) is 4.20. The van der Waals surface area contributed by atoms with Gasteiger partial charge in [0.1, 0.15) is 5.01 Å². The zero-order valence-corrected chi connectivity index (χ0v) is 15.8. The highest BCUT2D eigenvalue weighted by molar-refractivity contribution is 7.09. The van der Waals surface area contributed by atoms with Crippen molar-refractivity contribution in [1.82, 2.24) is 9.88 Å². The van der Waals surface area contributed by atoms with Gasteiger partial charge in [-0.3, -0.25) is 4.79 Å². The number of hydrogen-bond donors (Lipinski definition) is 0. The van der Waals surface area contributed by atoms with Gasteiger partial charge in [-0.05, 0) is 30.2 Å². The van der Waals surface area contributed by atoms with E-state index in [0.29, 0.717) is 18.7 Å². The summed E-state index contributed by atoms with van der Waals surface area (Å²) in [7, 11) is 0. The first kappa shape index (κ1) is 17.5. The van der Waals surface area contributed by atoms with Crippen molar-refractivity contribution in [3.05, 3.63) is 76.2 Å². The van der Waals surface area contributed by atoms with Crippen LogP contribution in [0, 0.1) is 0 Å². The molecule has 138 valence electrons. The van der Waals surface area contributed by atoms with E-state index in [1.165, 1.54) is 0 Å². The van der Waals surface area contributed by atoms with Crippen LogP contribution < -0.4 is 9.47 Å². The molecule has 0 saturated carbocycles. The molecule has 0 fully saturated rings. The highest BCUT2D eigenvalue weighted by atomic mass is 32.1. The predicted molar refractivity (Wildman–Crippen MR) is 104 cm³/mol. The molecule has 27 heavy (non-hydrogen) atoms. The highest BCUT2D eigenvalue weighted by Gasteiger charge is 2.23. The fraction of sp³-hybridized carbons (Fsp3) is 0.238. The van der Waals surface area contributed by atoms with Crippen LogP contribution in [0.1, 0.15) is 29.1 Å². The van der Waals surface area contributed by atoms with Crippen molar-refractivity contribution in [2.75, 3.05) is 6.79 Å².